The van der Waals surface area contributed by atoms with Gasteiger partial charge in [0, 0.05) is 25.8 Å². The third-order valence-electron chi connectivity index (χ3n) is 5.64. The van der Waals surface area contributed by atoms with Crippen molar-refractivity contribution in [3.05, 3.63) is 11.6 Å². The molecule has 1 aliphatic carbocycles. The van der Waals surface area contributed by atoms with Crippen LogP contribution in [0.2, 0.25) is 0 Å². The molecule has 0 unspecified atom stereocenters. The number of rotatable bonds is 5. The topological polar surface area (TPSA) is 72.6 Å². The normalized spacial score (nSPS) is 29.8. The lowest BCUT2D eigenvalue weighted by Gasteiger charge is -2.33. The minimum Gasteiger partial charge on any atom is -0.377 e. The van der Waals surface area contributed by atoms with Gasteiger partial charge in [-0.25, -0.2) is 0 Å². The molecule has 2 amide bonds. The minimum atomic E-state index is -0.235. The maximum Gasteiger partial charge on any atom is 0.246 e. The van der Waals surface area contributed by atoms with Gasteiger partial charge in [-0.15, -0.1) is 0 Å². The van der Waals surface area contributed by atoms with Crippen molar-refractivity contribution in [2.24, 2.45) is 23.5 Å². The highest BCUT2D eigenvalue weighted by molar-refractivity contribution is 5.88. The van der Waals surface area contributed by atoms with Crippen LogP contribution in [0.25, 0.3) is 0 Å². The van der Waals surface area contributed by atoms with Crippen molar-refractivity contribution in [1.29, 1.82) is 0 Å². The van der Waals surface area contributed by atoms with Crippen LogP contribution in [0.15, 0.2) is 11.6 Å². The number of primary amides is 1. The summed E-state index contributed by atoms with van der Waals surface area (Å²) in [5.74, 6) is 0.985. The predicted octanol–water partition coefficient (Wildman–Crippen LogP) is 1.86. The van der Waals surface area contributed by atoms with Gasteiger partial charge in [0.2, 0.25) is 11.8 Å². The average Bonchev–Trinajstić information content (AvgIpc) is 3.28. The van der Waals surface area contributed by atoms with E-state index in [2.05, 4.69) is 6.92 Å². The Morgan fingerprint density at radius 3 is 2.48 bits per heavy atom. The molecule has 3 rings (SSSR count). The molecule has 0 aromatic heterocycles. The zero-order valence-electron chi connectivity index (χ0n) is 14.0. The molecule has 5 heteroatoms. The average molecular weight is 320 g/mol. The molecule has 0 spiro atoms. The zero-order valence-corrected chi connectivity index (χ0v) is 14.0. The second-order valence-electron chi connectivity index (χ2n) is 7.37. The van der Waals surface area contributed by atoms with Gasteiger partial charge in [0.15, 0.2) is 0 Å². The van der Waals surface area contributed by atoms with Gasteiger partial charge in [-0.1, -0.05) is 5.57 Å². The Kier molecular flexibility index (Phi) is 5.05. The molecule has 5 nitrogen and oxygen atoms in total. The van der Waals surface area contributed by atoms with E-state index in [1.54, 1.807) is 0 Å². The number of amides is 2. The summed E-state index contributed by atoms with van der Waals surface area (Å²) >= 11 is 0. The number of carbonyl (C=O) groups is 2. The summed E-state index contributed by atoms with van der Waals surface area (Å²) in [5.41, 5.74) is 6.69. The van der Waals surface area contributed by atoms with Crippen LogP contribution in [0.4, 0.5) is 0 Å². The molecule has 2 saturated heterocycles. The van der Waals surface area contributed by atoms with E-state index in [0.29, 0.717) is 18.4 Å². The summed E-state index contributed by atoms with van der Waals surface area (Å²) in [6, 6.07) is 0. The van der Waals surface area contributed by atoms with Crippen molar-refractivity contribution in [1.82, 2.24) is 4.90 Å². The van der Waals surface area contributed by atoms with Crippen molar-refractivity contribution < 1.29 is 14.3 Å². The first-order chi connectivity index (χ1) is 11.0. The highest BCUT2D eigenvalue weighted by atomic mass is 16.5. The zero-order chi connectivity index (χ0) is 16.4. The first kappa shape index (κ1) is 16.5. The lowest BCUT2D eigenvalue weighted by atomic mass is 9.86. The van der Waals surface area contributed by atoms with E-state index in [1.807, 2.05) is 11.0 Å². The van der Waals surface area contributed by atoms with Gasteiger partial charge in [-0.2, -0.15) is 0 Å². The summed E-state index contributed by atoms with van der Waals surface area (Å²) in [4.78, 5) is 25.7. The summed E-state index contributed by atoms with van der Waals surface area (Å²) < 4.78 is 5.70. The Hall–Kier alpha value is -1.36. The van der Waals surface area contributed by atoms with Crippen molar-refractivity contribution in [2.45, 2.75) is 51.6 Å². The van der Waals surface area contributed by atoms with Crippen LogP contribution in [0, 0.1) is 17.8 Å². The van der Waals surface area contributed by atoms with Crippen molar-refractivity contribution in [2.75, 3.05) is 19.7 Å². The maximum absolute atomic E-state index is 12.3. The number of likely N-dealkylation sites (tertiary alicyclic amines) is 1. The molecule has 0 aromatic carbocycles. The Morgan fingerprint density at radius 1 is 1.17 bits per heavy atom. The second kappa shape index (κ2) is 7.04. The molecule has 0 aromatic rings. The van der Waals surface area contributed by atoms with Crippen molar-refractivity contribution in [3.63, 3.8) is 0 Å². The first-order valence-electron chi connectivity index (χ1n) is 8.92. The maximum atomic E-state index is 12.3. The molecule has 2 heterocycles. The van der Waals surface area contributed by atoms with Gasteiger partial charge < -0.3 is 15.4 Å². The molecule has 23 heavy (non-hydrogen) atoms. The predicted molar refractivity (Wildman–Crippen MR) is 87.4 cm³/mol. The third kappa shape index (κ3) is 4.14. The van der Waals surface area contributed by atoms with Crippen molar-refractivity contribution in [3.8, 4) is 0 Å². The Morgan fingerprint density at radius 2 is 1.87 bits per heavy atom. The second-order valence-corrected chi connectivity index (χ2v) is 7.37. The molecule has 2 aliphatic heterocycles. The number of nitrogens with zero attached hydrogens (tertiary/aromatic N) is 1. The van der Waals surface area contributed by atoms with Crippen LogP contribution in [0.5, 0.6) is 0 Å². The highest BCUT2D eigenvalue weighted by Crippen LogP contribution is 2.36. The molecule has 3 aliphatic rings. The van der Waals surface area contributed by atoms with Gasteiger partial charge in [0.1, 0.15) is 0 Å². The molecular weight excluding hydrogens is 292 g/mol. The molecule has 3 fully saturated rings. The van der Waals surface area contributed by atoms with Crippen LogP contribution in [-0.4, -0.2) is 42.5 Å². The molecule has 2 N–H and O–H groups in total. The van der Waals surface area contributed by atoms with Crippen LogP contribution in [-0.2, 0) is 14.3 Å². The lowest BCUT2D eigenvalue weighted by Crippen LogP contribution is -2.39. The fourth-order valence-corrected chi connectivity index (χ4v) is 3.87. The van der Waals surface area contributed by atoms with E-state index in [1.165, 1.54) is 18.4 Å². The van der Waals surface area contributed by atoms with E-state index in [4.69, 9.17) is 10.5 Å². The summed E-state index contributed by atoms with van der Waals surface area (Å²) in [7, 11) is 0. The number of ether oxygens (including phenoxy) is 1. The van der Waals surface area contributed by atoms with Gasteiger partial charge >= 0.3 is 0 Å². The van der Waals surface area contributed by atoms with Gasteiger partial charge in [0.25, 0.3) is 0 Å². The van der Waals surface area contributed by atoms with Crippen LogP contribution < -0.4 is 5.73 Å². The SMILES string of the molecule is C/C(=C\C(=O)N1CCC(C[C@H]2OCC[C@H]2C(N)=O)CC1)C1CC1. The monoisotopic (exact) mass is 320 g/mol. The van der Waals surface area contributed by atoms with E-state index in [-0.39, 0.29) is 23.8 Å². The van der Waals surface area contributed by atoms with Crippen molar-refractivity contribution >= 4 is 11.8 Å². The van der Waals surface area contributed by atoms with E-state index in [0.717, 1.165) is 38.8 Å². The van der Waals surface area contributed by atoms with Gasteiger partial charge in [-0.3, -0.25) is 9.59 Å². The summed E-state index contributed by atoms with van der Waals surface area (Å²) in [6.45, 7) is 4.34. The molecule has 128 valence electrons. The summed E-state index contributed by atoms with van der Waals surface area (Å²) in [6.07, 6.45) is 7.92. The Bertz CT molecular complexity index is 490. The number of allylic oxidation sites excluding steroid dienone is 1. The number of piperidine rings is 1. The van der Waals surface area contributed by atoms with Gasteiger partial charge in [-0.05, 0) is 57.3 Å². The van der Waals surface area contributed by atoms with Crippen LogP contribution in [0.1, 0.15) is 45.4 Å². The first-order valence-corrected chi connectivity index (χ1v) is 8.92. The largest absolute Gasteiger partial charge is 0.377 e. The molecule has 0 bridgehead atoms. The highest BCUT2D eigenvalue weighted by Gasteiger charge is 2.35. The fraction of sp³-hybridized carbons (Fsp3) is 0.778. The molecule has 1 saturated carbocycles. The van der Waals surface area contributed by atoms with Gasteiger partial charge in [0.05, 0.1) is 12.0 Å². The van der Waals surface area contributed by atoms with Crippen LogP contribution >= 0.6 is 0 Å². The van der Waals surface area contributed by atoms with E-state index < -0.39 is 0 Å². The molecule has 0 radical (unpaired) electrons. The summed E-state index contributed by atoms with van der Waals surface area (Å²) in [5, 5.41) is 0. The van der Waals surface area contributed by atoms with Crippen LogP contribution in [0.3, 0.4) is 0 Å². The molecular formula is C18H28N2O3. The smallest absolute Gasteiger partial charge is 0.246 e. The number of hydrogen-bond donors (Lipinski definition) is 1. The minimum absolute atomic E-state index is 0.0169. The number of hydrogen-bond acceptors (Lipinski definition) is 3. The third-order valence-corrected chi connectivity index (χ3v) is 5.64. The number of nitrogens with two attached hydrogens (primary N) is 1. The number of carbonyl (C=O) groups excluding carboxylic acids is 2. The van der Waals surface area contributed by atoms with E-state index in [9.17, 15) is 9.59 Å². The quantitative estimate of drug-likeness (QED) is 0.786. The molecule has 2 atom stereocenters. The Balaban J connectivity index is 1.46. The standard InChI is InChI=1S/C18H28N2O3/c1-12(14-2-3-14)10-17(21)20-7-4-13(5-8-20)11-16-15(18(19)22)6-9-23-16/h10,13-16H,2-9,11H2,1H3,(H2,19,22)/b12-10+/t15-,16-/m1/s1. The van der Waals surface area contributed by atoms with E-state index >= 15 is 0 Å². The fourth-order valence-electron chi connectivity index (χ4n) is 3.87. The lowest BCUT2D eigenvalue weighted by molar-refractivity contribution is -0.127. The Labute approximate surface area is 138 Å².